The van der Waals surface area contributed by atoms with Crippen molar-refractivity contribution in [1.29, 1.82) is 0 Å². The van der Waals surface area contributed by atoms with E-state index in [1.165, 1.54) is 0 Å². The number of halogens is 18. The predicted octanol–water partition coefficient (Wildman–Crippen LogP) is 6.68. The molecule has 0 heterocycles. The van der Waals surface area contributed by atoms with Gasteiger partial charge in [-0.05, 0) is 6.08 Å². The zero-order valence-corrected chi connectivity index (χ0v) is 12.0. The van der Waals surface area contributed by atoms with Gasteiger partial charge in [0.15, 0.2) is 0 Å². The van der Waals surface area contributed by atoms with E-state index in [0.717, 1.165) is 0 Å². The second kappa shape index (κ2) is 6.50. The number of alkyl halides is 18. The van der Waals surface area contributed by atoms with Crippen LogP contribution >= 0.6 is 0 Å². The van der Waals surface area contributed by atoms with E-state index in [1.54, 1.807) is 0 Å². The molecule has 0 saturated carbocycles. The molecule has 0 aromatic carbocycles. The molecular weight excluding hydrogens is 462 g/mol. The maximum Gasteiger partial charge on any atom is 0.457 e. The molecule has 0 spiro atoms. The molecule has 0 aromatic heterocycles. The molecule has 0 saturated heterocycles. The van der Waals surface area contributed by atoms with Crippen molar-refractivity contribution in [2.45, 2.75) is 42.5 Å². The fourth-order valence-electron chi connectivity index (χ4n) is 1.59. The second-order valence-electron chi connectivity index (χ2n) is 4.92. The third-order valence-corrected chi connectivity index (χ3v) is 3.13. The molecule has 0 aromatic rings. The molecule has 0 nitrogen and oxygen atoms in total. The lowest BCUT2D eigenvalue weighted by Gasteiger charge is -2.38. The molecule has 0 aliphatic heterocycles. The molecule has 0 bridgehead atoms. The molecule has 0 N–H and O–H groups in total. The van der Waals surface area contributed by atoms with Crippen LogP contribution in [0.2, 0.25) is 0 Å². The molecule has 1 atom stereocenters. The van der Waals surface area contributed by atoms with Crippen molar-refractivity contribution in [3.8, 4) is 0 Å². The zero-order chi connectivity index (χ0) is 23.4. The van der Waals surface area contributed by atoms with Crippen molar-refractivity contribution >= 4 is 0 Å². The highest BCUT2D eigenvalue weighted by Gasteiger charge is 2.84. The molecule has 18 heteroatoms. The topological polar surface area (TPSA) is 0 Å². The summed E-state index contributed by atoms with van der Waals surface area (Å²) in [5.74, 6) is -7.76. The summed E-state index contributed by atoms with van der Waals surface area (Å²) in [6.45, 7) is 0. The first-order chi connectivity index (χ1) is 11.7. The highest BCUT2D eigenvalue weighted by molar-refractivity contribution is 5.22. The third kappa shape index (κ3) is 3.81. The van der Waals surface area contributed by atoms with Crippen LogP contribution < -0.4 is 0 Å². The fraction of sp³-hybridized carbons (Fsp3) is 0.800. The fourth-order valence-corrected chi connectivity index (χ4v) is 1.59. The van der Waals surface area contributed by atoms with E-state index in [2.05, 4.69) is 0 Å². The van der Waals surface area contributed by atoms with Crippen molar-refractivity contribution < 1.29 is 79.0 Å². The van der Waals surface area contributed by atoms with Crippen LogP contribution in [0.4, 0.5) is 79.0 Å². The molecule has 28 heavy (non-hydrogen) atoms. The Morgan fingerprint density at radius 2 is 0.607 bits per heavy atom. The van der Waals surface area contributed by atoms with Gasteiger partial charge in [0.2, 0.25) is 0 Å². The highest BCUT2D eigenvalue weighted by atomic mass is 19.4. The summed E-state index contributed by atoms with van der Waals surface area (Å²) < 4.78 is 224. The molecule has 0 amide bonds. The average Bonchev–Trinajstić information content (AvgIpc) is 2.30. The van der Waals surface area contributed by atoms with Crippen LogP contribution in [0.3, 0.4) is 0 Å². The molecule has 0 rings (SSSR count). The number of rotatable bonds is 3. The van der Waals surface area contributed by atoms with Gasteiger partial charge in [-0.25, -0.2) is 4.39 Å². The quantitative estimate of drug-likeness (QED) is 0.323. The van der Waals surface area contributed by atoms with Crippen molar-refractivity contribution in [3.05, 3.63) is 12.2 Å². The molecule has 168 valence electrons. The normalized spacial score (nSPS) is 18.5. The van der Waals surface area contributed by atoms with Gasteiger partial charge in [-0.1, -0.05) is 6.08 Å². The summed E-state index contributed by atoms with van der Waals surface area (Å²) >= 11 is 0. The lowest BCUT2D eigenvalue weighted by Crippen LogP contribution is -2.62. The highest BCUT2D eigenvalue weighted by Crippen LogP contribution is 2.61. The van der Waals surface area contributed by atoms with Crippen LogP contribution in [0, 0.1) is 5.41 Å². The molecule has 0 fully saturated rings. The van der Waals surface area contributed by atoms with Crippen LogP contribution in [-0.4, -0.2) is 42.5 Å². The van der Waals surface area contributed by atoms with Gasteiger partial charge in [0, 0.05) is 0 Å². The first kappa shape index (κ1) is 26.5. The van der Waals surface area contributed by atoms with Crippen molar-refractivity contribution in [2.24, 2.45) is 5.41 Å². The van der Waals surface area contributed by atoms with E-state index in [1.807, 2.05) is 0 Å². The Balaban J connectivity index is 7.14. The monoisotopic (exact) mass is 464 g/mol. The first-order valence-corrected chi connectivity index (χ1v) is 5.81. The van der Waals surface area contributed by atoms with Gasteiger partial charge in [0.25, 0.3) is 11.1 Å². The van der Waals surface area contributed by atoms with Gasteiger partial charge in [0.1, 0.15) is 0 Å². The summed E-state index contributed by atoms with van der Waals surface area (Å²) in [4.78, 5) is 0. The summed E-state index contributed by atoms with van der Waals surface area (Å²) in [7, 11) is 0. The molecule has 1 unspecified atom stereocenters. The maximum atomic E-state index is 13.5. The van der Waals surface area contributed by atoms with E-state index in [0.29, 0.717) is 0 Å². The first-order valence-electron chi connectivity index (χ1n) is 5.81. The summed E-state index contributed by atoms with van der Waals surface area (Å²) in [6.07, 6.45) is -43.8. The molecule has 0 aliphatic carbocycles. The van der Waals surface area contributed by atoms with Crippen LogP contribution in [-0.2, 0) is 0 Å². The zero-order valence-electron chi connectivity index (χ0n) is 12.0. The van der Waals surface area contributed by atoms with Gasteiger partial charge >= 0.3 is 36.8 Å². The Labute approximate surface area is 140 Å². The molecule has 0 radical (unpaired) electrons. The Morgan fingerprint density at radius 1 is 0.321 bits per heavy atom. The lowest BCUT2D eigenvalue weighted by atomic mass is 9.82. The number of hydrogen-bond donors (Lipinski definition) is 0. The standard InChI is InChI=1S/C10H2F18/c11-4(9(23,24)25,5(12,13)10(26,27)28)2-1-3(6(14,15)16,7(17,18)19)8(20,21)22/h1-2H/b2-1+. The van der Waals surface area contributed by atoms with Gasteiger partial charge in [-0.2, -0.15) is 74.6 Å². The van der Waals surface area contributed by atoms with Crippen molar-refractivity contribution in [1.82, 2.24) is 0 Å². The van der Waals surface area contributed by atoms with Gasteiger partial charge in [0.05, 0.1) is 0 Å². The summed E-state index contributed by atoms with van der Waals surface area (Å²) in [5.41, 5.74) is -14.8. The van der Waals surface area contributed by atoms with Crippen LogP contribution in [0.1, 0.15) is 0 Å². The Morgan fingerprint density at radius 3 is 0.786 bits per heavy atom. The predicted molar refractivity (Wildman–Crippen MR) is 50.6 cm³/mol. The number of hydrogen-bond acceptors (Lipinski definition) is 0. The van der Waals surface area contributed by atoms with Crippen molar-refractivity contribution in [3.63, 3.8) is 0 Å². The largest absolute Gasteiger partial charge is 0.457 e. The second-order valence-corrected chi connectivity index (χ2v) is 4.92. The van der Waals surface area contributed by atoms with E-state index in [9.17, 15) is 79.0 Å². The van der Waals surface area contributed by atoms with Crippen LogP contribution in [0.25, 0.3) is 0 Å². The molecule has 0 aliphatic rings. The van der Waals surface area contributed by atoms with Gasteiger partial charge in [-0.15, -0.1) is 0 Å². The van der Waals surface area contributed by atoms with E-state index in [-0.39, 0.29) is 0 Å². The SMILES string of the molecule is FC(F)(F)C(F)(F)C(F)(/C=C/C(C(F)(F)F)(C(F)(F)F)C(F)(F)F)C(F)(F)F. The minimum Gasteiger partial charge on any atom is -0.222 e. The summed E-state index contributed by atoms with van der Waals surface area (Å²) in [6, 6.07) is 0. The van der Waals surface area contributed by atoms with Crippen molar-refractivity contribution in [2.75, 3.05) is 0 Å². The van der Waals surface area contributed by atoms with Gasteiger partial charge in [-0.3, -0.25) is 0 Å². The number of allylic oxidation sites excluding steroid dienone is 2. The Bertz CT molecular complexity index is 540. The summed E-state index contributed by atoms with van der Waals surface area (Å²) in [5, 5.41) is 0. The Hall–Kier alpha value is -1.52. The minimum absolute atomic E-state index is 2.80. The van der Waals surface area contributed by atoms with E-state index in [4.69, 9.17) is 0 Å². The Kier molecular flexibility index (Phi) is 6.14. The minimum atomic E-state index is -7.76. The molecular formula is C10H2F18. The van der Waals surface area contributed by atoms with Crippen LogP contribution in [0.5, 0.6) is 0 Å². The average molecular weight is 464 g/mol. The van der Waals surface area contributed by atoms with Crippen LogP contribution in [0.15, 0.2) is 12.2 Å². The van der Waals surface area contributed by atoms with Gasteiger partial charge < -0.3 is 0 Å². The van der Waals surface area contributed by atoms with E-state index >= 15 is 0 Å². The van der Waals surface area contributed by atoms with E-state index < -0.39 is 60.0 Å². The lowest BCUT2D eigenvalue weighted by molar-refractivity contribution is -0.408. The smallest absolute Gasteiger partial charge is 0.222 e. The maximum absolute atomic E-state index is 13.5. The third-order valence-electron chi connectivity index (χ3n) is 3.13.